The summed E-state index contributed by atoms with van der Waals surface area (Å²) in [5.74, 6) is 1.29. The molecule has 1 amide bonds. The zero-order chi connectivity index (χ0) is 15.2. The van der Waals surface area contributed by atoms with Gasteiger partial charge in [-0.05, 0) is 18.1 Å². The van der Waals surface area contributed by atoms with Gasteiger partial charge in [-0.1, -0.05) is 32.0 Å². The van der Waals surface area contributed by atoms with Crippen LogP contribution in [0.1, 0.15) is 19.4 Å². The normalized spacial score (nSPS) is 13.4. The van der Waals surface area contributed by atoms with Crippen LogP contribution in [0, 0.1) is 5.92 Å². The number of nitrogens with zero attached hydrogens (tertiary/aromatic N) is 1. The van der Waals surface area contributed by atoms with Crippen LogP contribution in [0.15, 0.2) is 29.8 Å². The van der Waals surface area contributed by atoms with Crippen LogP contribution in [0.2, 0.25) is 0 Å². The summed E-state index contributed by atoms with van der Waals surface area (Å²) in [5, 5.41) is 0. The van der Waals surface area contributed by atoms with Crippen molar-refractivity contribution in [2.45, 2.75) is 13.8 Å². The number of amides is 1. The van der Waals surface area contributed by atoms with Gasteiger partial charge in [0.25, 0.3) is 5.91 Å². The molecule has 0 aromatic heterocycles. The van der Waals surface area contributed by atoms with Gasteiger partial charge in [-0.3, -0.25) is 4.79 Å². The fourth-order valence-electron chi connectivity index (χ4n) is 2.36. The molecular formula is C17H23NO3. The molecule has 0 saturated carbocycles. The third-order valence-electron chi connectivity index (χ3n) is 3.34. The van der Waals surface area contributed by atoms with Gasteiger partial charge in [-0.25, -0.2) is 0 Å². The van der Waals surface area contributed by atoms with E-state index in [9.17, 15) is 4.79 Å². The third-order valence-corrected chi connectivity index (χ3v) is 3.34. The first-order chi connectivity index (χ1) is 10.1. The summed E-state index contributed by atoms with van der Waals surface area (Å²) in [5.41, 5.74) is 1.66. The average molecular weight is 289 g/mol. The number of hydrogen-bond acceptors (Lipinski definition) is 3. The first-order valence-corrected chi connectivity index (χ1v) is 7.32. The van der Waals surface area contributed by atoms with Gasteiger partial charge in [0.2, 0.25) is 0 Å². The Balaban J connectivity index is 2.15. The second kappa shape index (κ2) is 7.27. The molecule has 2 rings (SSSR count). The van der Waals surface area contributed by atoms with Gasteiger partial charge in [0.15, 0.2) is 0 Å². The quantitative estimate of drug-likeness (QED) is 0.808. The van der Waals surface area contributed by atoms with Gasteiger partial charge < -0.3 is 14.4 Å². The predicted molar refractivity (Wildman–Crippen MR) is 83.2 cm³/mol. The first kappa shape index (κ1) is 15.6. The van der Waals surface area contributed by atoms with E-state index in [1.54, 1.807) is 7.11 Å². The fourth-order valence-corrected chi connectivity index (χ4v) is 2.36. The van der Waals surface area contributed by atoms with E-state index < -0.39 is 0 Å². The highest BCUT2D eigenvalue weighted by molar-refractivity contribution is 5.99. The van der Waals surface area contributed by atoms with Gasteiger partial charge in [0.05, 0.1) is 12.2 Å². The molecule has 0 saturated heterocycles. The van der Waals surface area contributed by atoms with Gasteiger partial charge in [-0.15, -0.1) is 0 Å². The molecule has 1 heterocycles. The lowest BCUT2D eigenvalue weighted by Crippen LogP contribution is -2.39. The number of methoxy groups -OCH3 is 1. The Morgan fingerprint density at radius 2 is 2.14 bits per heavy atom. The molecule has 1 aromatic rings. The third kappa shape index (κ3) is 4.08. The summed E-state index contributed by atoms with van der Waals surface area (Å²) >= 11 is 0. The molecule has 0 aliphatic carbocycles. The minimum atomic E-state index is 0.0373. The SMILES string of the molecule is COCCN(CC(C)C)C(=O)C1=Cc2ccccc2OC1. The Bertz CT molecular complexity index is 523. The highest BCUT2D eigenvalue weighted by atomic mass is 16.5. The molecule has 1 aliphatic heterocycles. The van der Waals surface area contributed by atoms with Crippen molar-refractivity contribution in [3.63, 3.8) is 0 Å². The van der Waals surface area contributed by atoms with Crippen LogP contribution in [-0.2, 0) is 9.53 Å². The Kier molecular flexibility index (Phi) is 5.39. The average Bonchev–Trinajstić information content (AvgIpc) is 2.50. The van der Waals surface area contributed by atoms with E-state index in [0.717, 1.165) is 17.9 Å². The number of rotatable bonds is 6. The highest BCUT2D eigenvalue weighted by Crippen LogP contribution is 2.26. The first-order valence-electron chi connectivity index (χ1n) is 7.32. The maximum atomic E-state index is 12.7. The standard InChI is InChI=1S/C17H23NO3/c1-13(2)11-18(8-9-20-3)17(19)15-10-14-6-4-5-7-16(14)21-12-15/h4-7,10,13H,8-9,11-12H2,1-3H3. The molecule has 4 nitrogen and oxygen atoms in total. The van der Waals surface area contributed by atoms with Crippen molar-refractivity contribution in [1.82, 2.24) is 4.90 Å². The summed E-state index contributed by atoms with van der Waals surface area (Å²) < 4.78 is 10.8. The smallest absolute Gasteiger partial charge is 0.253 e. The largest absolute Gasteiger partial charge is 0.488 e. The van der Waals surface area contributed by atoms with E-state index in [1.165, 1.54) is 0 Å². The predicted octanol–water partition coefficient (Wildman–Crippen LogP) is 2.59. The van der Waals surface area contributed by atoms with Gasteiger partial charge in [-0.2, -0.15) is 0 Å². The summed E-state index contributed by atoms with van der Waals surface area (Å²) in [6.45, 7) is 6.41. The number of carbonyl (C=O) groups is 1. The monoisotopic (exact) mass is 289 g/mol. The van der Waals surface area contributed by atoms with Crippen LogP contribution in [0.5, 0.6) is 5.75 Å². The fraction of sp³-hybridized carbons (Fsp3) is 0.471. The lowest BCUT2D eigenvalue weighted by molar-refractivity contribution is -0.128. The van der Waals surface area contributed by atoms with Crippen molar-refractivity contribution in [3.8, 4) is 5.75 Å². The number of benzene rings is 1. The molecule has 0 bridgehead atoms. The number of ether oxygens (including phenoxy) is 2. The van der Waals surface area contributed by atoms with Crippen molar-refractivity contribution in [3.05, 3.63) is 35.4 Å². The number of para-hydroxylation sites is 1. The molecule has 0 N–H and O–H groups in total. The molecule has 114 valence electrons. The van der Waals surface area contributed by atoms with Crippen molar-refractivity contribution >= 4 is 12.0 Å². The maximum absolute atomic E-state index is 12.7. The summed E-state index contributed by atoms with van der Waals surface area (Å²) in [7, 11) is 1.65. The number of fused-ring (bicyclic) bond motifs is 1. The van der Waals surface area contributed by atoms with Crippen molar-refractivity contribution in [2.75, 3.05) is 33.4 Å². The van der Waals surface area contributed by atoms with Gasteiger partial charge >= 0.3 is 0 Å². The van der Waals surface area contributed by atoms with E-state index in [2.05, 4.69) is 13.8 Å². The van der Waals surface area contributed by atoms with Crippen molar-refractivity contribution < 1.29 is 14.3 Å². The zero-order valence-corrected chi connectivity index (χ0v) is 13.0. The van der Waals surface area contributed by atoms with E-state index in [4.69, 9.17) is 9.47 Å². The van der Waals surface area contributed by atoms with Crippen molar-refractivity contribution in [2.24, 2.45) is 5.92 Å². The van der Waals surface area contributed by atoms with Gasteiger partial charge in [0, 0.05) is 25.8 Å². The molecule has 0 radical (unpaired) electrons. The van der Waals surface area contributed by atoms with Gasteiger partial charge in [0.1, 0.15) is 12.4 Å². The van der Waals surface area contributed by atoms with Crippen LogP contribution >= 0.6 is 0 Å². The Morgan fingerprint density at radius 1 is 1.38 bits per heavy atom. The van der Waals surface area contributed by atoms with Crippen LogP contribution in [0.3, 0.4) is 0 Å². The van der Waals surface area contributed by atoms with Crippen LogP contribution < -0.4 is 4.74 Å². The summed E-state index contributed by atoms with van der Waals surface area (Å²) in [4.78, 5) is 14.5. The maximum Gasteiger partial charge on any atom is 0.253 e. The zero-order valence-electron chi connectivity index (χ0n) is 13.0. The molecule has 1 aromatic carbocycles. The lowest BCUT2D eigenvalue weighted by atomic mass is 10.1. The second-order valence-corrected chi connectivity index (χ2v) is 5.63. The Hall–Kier alpha value is -1.81. The molecular weight excluding hydrogens is 266 g/mol. The topological polar surface area (TPSA) is 38.8 Å². The van der Waals surface area contributed by atoms with Crippen molar-refractivity contribution in [1.29, 1.82) is 0 Å². The van der Waals surface area contributed by atoms with Crippen LogP contribution in [-0.4, -0.2) is 44.2 Å². The highest BCUT2D eigenvalue weighted by Gasteiger charge is 2.22. The molecule has 0 unspecified atom stereocenters. The lowest BCUT2D eigenvalue weighted by Gasteiger charge is -2.27. The molecule has 0 spiro atoms. The molecule has 1 aliphatic rings. The molecule has 21 heavy (non-hydrogen) atoms. The number of carbonyl (C=O) groups excluding carboxylic acids is 1. The summed E-state index contributed by atoms with van der Waals surface area (Å²) in [6.07, 6.45) is 1.93. The van der Waals surface area contributed by atoms with E-state index >= 15 is 0 Å². The molecule has 0 atom stereocenters. The van der Waals surface area contributed by atoms with E-state index in [1.807, 2.05) is 35.2 Å². The summed E-state index contributed by atoms with van der Waals surface area (Å²) in [6, 6.07) is 7.76. The second-order valence-electron chi connectivity index (χ2n) is 5.63. The Labute approximate surface area is 126 Å². The van der Waals surface area contributed by atoms with Crippen LogP contribution in [0.25, 0.3) is 6.08 Å². The number of hydrogen-bond donors (Lipinski definition) is 0. The molecule has 4 heteroatoms. The van der Waals surface area contributed by atoms with E-state index in [-0.39, 0.29) is 5.91 Å². The molecule has 0 fully saturated rings. The minimum absolute atomic E-state index is 0.0373. The van der Waals surface area contributed by atoms with E-state index in [0.29, 0.717) is 31.2 Å². The van der Waals surface area contributed by atoms with Crippen LogP contribution in [0.4, 0.5) is 0 Å². The minimum Gasteiger partial charge on any atom is -0.488 e. The Morgan fingerprint density at radius 3 is 2.86 bits per heavy atom.